The van der Waals surface area contributed by atoms with E-state index in [0.29, 0.717) is 5.82 Å². The van der Waals surface area contributed by atoms with E-state index in [9.17, 15) is 0 Å². The number of nitrogens with two attached hydrogens (primary N) is 1. The highest BCUT2D eigenvalue weighted by Gasteiger charge is 2.18. The van der Waals surface area contributed by atoms with Gasteiger partial charge in [-0.2, -0.15) is 5.10 Å². The van der Waals surface area contributed by atoms with Crippen molar-refractivity contribution in [1.82, 2.24) is 10.2 Å². The second kappa shape index (κ2) is 4.03. The molecule has 0 bridgehead atoms. The summed E-state index contributed by atoms with van der Waals surface area (Å²) in [4.78, 5) is 0. The van der Waals surface area contributed by atoms with Gasteiger partial charge in [0.2, 0.25) is 0 Å². The maximum Gasteiger partial charge on any atom is 0.148 e. The van der Waals surface area contributed by atoms with E-state index in [1.807, 2.05) is 0 Å². The molecule has 0 atom stereocenters. The van der Waals surface area contributed by atoms with Crippen molar-refractivity contribution in [2.45, 2.75) is 45.4 Å². The molecule has 14 heavy (non-hydrogen) atoms. The summed E-state index contributed by atoms with van der Waals surface area (Å²) in [6.45, 7) is 2.14. The highest BCUT2D eigenvalue weighted by molar-refractivity contribution is 5.42. The molecule has 1 aliphatic carbocycles. The van der Waals surface area contributed by atoms with Crippen molar-refractivity contribution in [3.05, 3.63) is 11.3 Å². The van der Waals surface area contributed by atoms with Gasteiger partial charge in [0.1, 0.15) is 5.82 Å². The summed E-state index contributed by atoms with van der Waals surface area (Å²) in [7, 11) is 0. The monoisotopic (exact) mass is 193 g/mol. The van der Waals surface area contributed by atoms with Crippen LogP contribution in [0.25, 0.3) is 0 Å². The van der Waals surface area contributed by atoms with Crippen molar-refractivity contribution in [2.24, 2.45) is 5.92 Å². The van der Waals surface area contributed by atoms with E-state index < -0.39 is 0 Å². The summed E-state index contributed by atoms with van der Waals surface area (Å²) >= 11 is 0. The van der Waals surface area contributed by atoms with Crippen molar-refractivity contribution < 1.29 is 0 Å². The highest BCUT2D eigenvalue weighted by Crippen LogP contribution is 2.29. The van der Waals surface area contributed by atoms with Gasteiger partial charge in [0.05, 0.1) is 0 Å². The number of aromatic nitrogens is 2. The standard InChI is InChI=1S/C11H19N3/c1-2-9-10(13-14-11(9)12)7-8-5-3-4-6-8/h8H,2-7H2,1H3,(H3,12,13,14). The number of nitrogens with one attached hydrogen (secondary N) is 1. The molecule has 0 spiro atoms. The Balaban J connectivity index is 2.07. The van der Waals surface area contributed by atoms with Crippen LogP contribution in [-0.4, -0.2) is 10.2 Å². The molecule has 1 heterocycles. The van der Waals surface area contributed by atoms with Crippen LogP contribution in [0.1, 0.15) is 43.9 Å². The van der Waals surface area contributed by atoms with Gasteiger partial charge in [-0.3, -0.25) is 5.10 Å². The molecule has 3 nitrogen and oxygen atoms in total. The third-order valence-electron chi connectivity index (χ3n) is 3.31. The minimum Gasteiger partial charge on any atom is -0.382 e. The molecule has 0 radical (unpaired) electrons. The number of H-pyrrole nitrogens is 1. The van der Waals surface area contributed by atoms with Crippen molar-refractivity contribution in [3.63, 3.8) is 0 Å². The number of hydrogen-bond donors (Lipinski definition) is 2. The first-order valence-electron chi connectivity index (χ1n) is 5.62. The number of nitrogens with zero attached hydrogens (tertiary/aromatic N) is 1. The van der Waals surface area contributed by atoms with E-state index in [0.717, 1.165) is 18.8 Å². The molecule has 1 aromatic heterocycles. The van der Waals surface area contributed by atoms with E-state index in [1.54, 1.807) is 0 Å². The average molecular weight is 193 g/mol. The second-order valence-electron chi connectivity index (χ2n) is 4.27. The fourth-order valence-electron chi connectivity index (χ4n) is 2.48. The minimum atomic E-state index is 0.695. The molecule has 3 N–H and O–H groups in total. The zero-order valence-corrected chi connectivity index (χ0v) is 8.84. The van der Waals surface area contributed by atoms with Gasteiger partial charge in [-0.05, 0) is 18.8 Å². The molecule has 78 valence electrons. The zero-order valence-electron chi connectivity index (χ0n) is 8.84. The van der Waals surface area contributed by atoms with Gasteiger partial charge < -0.3 is 5.73 Å². The normalized spacial score (nSPS) is 17.8. The van der Waals surface area contributed by atoms with Crippen LogP contribution in [0, 0.1) is 5.92 Å². The summed E-state index contributed by atoms with van der Waals surface area (Å²) < 4.78 is 0. The first-order valence-corrected chi connectivity index (χ1v) is 5.62. The van der Waals surface area contributed by atoms with Crippen LogP contribution in [0.3, 0.4) is 0 Å². The number of aromatic amines is 1. The minimum absolute atomic E-state index is 0.695. The highest BCUT2D eigenvalue weighted by atomic mass is 15.2. The molecule has 3 heteroatoms. The molecule has 0 saturated heterocycles. The van der Waals surface area contributed by atoms with Gasteiger partial charge >= 0.3 is 0 Å². The third-order valence-corrected chi connectivity index (χ3v) is 3.31. The molecule has 1 aromatic rings. The average Bonchev–Trinajstić information content (AvgIpc) is 2.77. The van der Waals surface area contributed by atoms with Crippen LogP contribution in [0.5, 0.6) is 0 Å². The molecular formula is C11H19N3. The molecule has 0 aromatic carbocycles. The third kappa shape index (κ3) is 1.76. The maximum absolute atomic E-state index is 5.78. The SMILES string of the molecule is CCc1c(N)n[nH]c1CC1CCCC1. The molecular weight excluding hydrogens is 174 g/mol. The van der Waals surface area contributed by atoms with E-state index in [2.05, 4.69) is 17.1 Å². The van der Waals surface area contributed by atoms with Crippen LogP contribution in [0.2, 0.25) is 0 Å². The molecule has 1 fully saturated rings. The molecule has 2 rings (SSSR count). The van der Waals surface area contributed by atoms with Crippen LogP contribution in [-0.2, 0) is 12.8 Å². The predicted octanol–water partition coefficient (Wildman–Crippen LogP) is 2.29. The summed E-state index contributed by atoms with van der Waals surface area (Å²) in [6, 6.07) is 0. The van der Waals surface area contributed by atoms with Gasteiger partial charge in [0.25, 0.3) is 0 Å². The summed E-state index contributed by atoms with van der Waals surface area (Å²) in [5, 5.41) is 7.16. The first-order chi connectivity index (χ1) is 6.81. The van der Waals surface area contributed by atoms with Gasteiger partial charge in [0.15, 0.2) is 0 Å². The van der Waals surface area contributed by atoms with Gasteiger partial charge in [-0.1, -0.05) is 32.6 Å². The first kappa shape index (κ1) is 9.56. The lowest BCUT2D eigenvalue weighted by atomic mass is 9.99. The number of nitrogen functional groups attached to an aromatic ring is 1. The predicted molar refractivity (Wildman–Crippen MR) is 58.0 cm³/mol. The van der Waals surface area contributed by atoms with Crippen molar-refractivity contribution >= 4 is 5.82 Å². The lowest BCUT2D eigenvalue weighted by molar-refractivity contribution is 0.536. The van der Waals surface area contributed by atoms with Crippen LogP contribution >= 0.6 is 0 Å². The Bertz CT molecular complexity index is 297. The lowest BCUT2D eigenvalue weighted by Crippen LogP contribution is -2.02. The van der Waals surface area contributed by atoms with E-state index in [1.165, 1.54) is 36.9 Å². The van der Waals surface area contributed by atoms with Crippen molar-refractivity contribution in [1.29, 1.82) is 0 Å². The maximum atomic E-state index is 5.78. The van der Waals surface area contributed by atoms with Gasteiger partial charge in [0, 0.05) is 11.3 Å². The molecule has 0 aliphatic heterocycles. The Kier molecular flexibility index (Phi) is 2.75. The molecule has 1 aliphatic rings. The van der Waals surface area contributed by atoms with Gasteiger partial charge in [-0.15, -0.1) is 0 Å². The topological polar surface area (TPSA) is 54.7 Å². The van der Waals surface area contributed by atoms with E-state index in [-0.39, 0.29) is 0 Å². The zero-order chi connectivity index (χ0) is 9.97. The van der Waals surface area contributed by atoms with Gasteiger partial charge in [-0.25, -0.2) is 0 Å². The number of hydrogen-bond acceptors (Lipinski definition) is 2. The van der Waals surface area contributed by atoms with Crippen molar-refractivity contribution in [2.75, 3.05) is 5.73 Å². The number of rotatable bonds is 3. The Morgan fingerprint density at radius 1 is 1.43 bits per heavy atom. The fourth-order valence-corrected chi connectivity index (χ4v) is 2.48. The number of anilines is 1. The Labute approximate surface area is 85.1 Å². The van der Waals surface area contributed by atoms with Crippen LogP contribution in [0.4, 0.5) is 5.82 Å². The Morgan fingerprint density at radius 3 is 2.79 bits per heavy atom. The Hall–Kier alpha value is -0.990. The molecule has 1 saturated carbocycles. The summed E-state index contributed by atoms with van der Waals surface area (Å²) in [5.41, 5.74) is 8.29. The summed E-state index contributed by atoms with van der Waals surface area (Å²) in [6.07, 6.45) is 7.69. The quantitative estimate of drug-likeness (QED) is 0.773. The van der Waals surface area contributed by atoms with E-state index in [4.69, 9.17) is 5.73 Å². The second-order valence-corrected chi connectivity index (χ2v) is 4.27. The summed E-state index contributed by atoms with van der Waals surface area (Å²) in [5.74, 6) is 1.56. The van der Waals surface area contributed by atoms with Crippen LogP contribution in [0.15, 0.2) is 0 Å². The smallest absolute Gasteiger partial charge is 0.148 e. The van der Waals surface area contributed by atoms with Crippen molar-refractivity contribution in [3.8, 4) is 0 Å². The lowest BCUT2D eigenvalue weighted by Gasteiger charge is -2.08. The Morgan fingerprint density at radius 2 is 2.14 bits per heavy atom. The van der Waals surface area contributed by atoms with Crippen LogP contribution < -0.4 is 5.73 Å². The fraction of sp³-hybridized carbons (Fsp3) is 0.727. The molecule has 0 amide bonds. The molecule has 0 unspecified atom stereocenters. The largest absolute Gasteiger partial charge is 0.382 e. The van der Waals surface area contributed by atoms with E-state index >= 15 is 0 Å².